The van der Waals surface area contributed by atoms with Gasteiger partial charge in [-0.15, -0.1) is 0 Å². The number of benzene rings is 1. The molecule has 0 radical (unpaired) electrons. The summed E-state index contributed by atoms with van der Waals surface area (Å²) in [5.41, 5.74) is 2.02. The number of nitrogens with one attached hydrogen (secondary N) is 3. The predicted molar refractivity (Wildman–Crippen MR) is 96.8 cm³/mol. The molecule has 0 saturated heterocycles. The van der Waals surface area contributed by atoms with Crippen LogP contribution >= 0.6 is 11.8 Å². The zero-order valence-corrected chi connectivity index (χ0v) is 14.4. The zero-order chi connectivity index (χ0) is 16.2. The maximum absolute atomic E-state index is 12.0. The molecule has 6 heteroatoms. The topological polar surface area (TPSA) is 65.5 Å². The van der Waals surface area contributed by atoms with E-state index in [4.69, 9.17) is 0 Å². The van der Waals surface area contributed by atoms with Crippen LogP contribution < -0.4 is 16.0 Å². The van der Waals surface area contributed by atoms with E-state index in [1.54, 1.807) is 11.8 Å². The Morgan fingerprint density at radius 1 is 1.27 bits per heavy atom. The lowest BCUT2D eigenvalue weighted by molar-refractivity contribution is -0.114. The Labute approximate surface area is 137 Å². The molecule has 0 aromatic heterocycles. The summed E-state index contributed by atoms with van der Waals surface area (Å²) in [6.07, 6.45) is 3.01. The lowest BCUT2D eigenvalue weighted by atomic mass is 10.1. The highest BCUT2D eigenvalue weighted by molar-refractivity contribution is 7.98. The number of guanidine groups is 1. The van der Waals surface area contributed by atoms with Crippen LogP contribution in [0, 0.1) is 0 Å². The molecule has 5 nitrogen and oxygen atoms in total. The third kappa shape index (κ3) is 7.36. The second kappa shape index (κ2) is 11.0. The average molecular weight is 322 g/mol. The standard InChI is InChI=1S/C16H26N4OS/c1-4-13-7-6-8-14(11-13)20-15(21)12-19-16(17-5-2)18-9-10-22-3/h6-8,11H,4-5,9-10,12H2,1-3H3,(H,20,21)(H2,17,18,19). The van der Waals surface area contributed by atoms with Crippen LogP contribution in [0.4, 0.5) is 5.69 Å². The van der Waals surface area contributed by atoms with E-state index < -0.39 is 0 Å². The molecule has 0 aliphatic rings. The molecule has 1 aromatic carbocycles. The Kier molecular flexibility index (Phi) is 9.14. The van der Waals surface area contributed by atoms with E-state index in [0.29, 0.717) is 5.96 Å². The second-order valence-corrected chi connectivity index (χ2v) is 5.70. The number of anilines is 1. The molecule has 3 N–H and O–H groups in total. The molecule has 1 aromatic rings. The fourth-order valence-electron chi connectivity index (χ4n) is 1.83. The van der Waals surface area contributed by atoms with E-state index in [1.165, 1.54) is 5.56 Å². The third-order valence-corrected chi connectivity index (χ3v) is 3.55. The number of thioether (sulfide) groups is 1. The van der Waals surface area contributed by atoms with Gasteiger partial charge >= 0.3 is 0 Å². The minimum absolute atomic E-state index is 0.102. The van der Waals surface area contributed by atoms with Gasteiger partial charge in [0.15, 0.2) is 5.96 Å². The Bertz CT molecular complexity index is 491. The maximum Gasteiger partial charge on any atom is 0.246 e. The molecule has 1 rings (SSSR count). The summed E-state index contributed by atoms with van der Waals surface area (Å²) in [5.74, 6) is 1.56. The van der Waals surface area contributed by atoms with E-state index in [1.807, 2.05) is 31.2 Å². The van der Waals surface area contributed by atoms with Gasteiger partial charge in [-0.3, -0.25) is 4.79 Å². The van der Waals surface area contributed by atoms with E-state index >= 15 is 0 Å². The van der Waals surface area contributed by atoms with Gasteiger partial charge in [-0.25, -0.2) is 4.99 Å². The Balaban J connectivity index is 2.51. The van der Waals surface area contributed by atoms with Crippen molar-refractivity contribution < 1.29 is 4.79 Å². The Morgan fingerprint density at radius 3 is 2.77 bits per heavy atom. The fourth-order valence-corrected chi connectivity index (χ4v) is 2.14. The van der Waals surface area contributed by atoms with Crippen molar-refractivity contribution in [2.45, 2.75) is 20.3 Å². The first-order chi connectivity index (χ1) is 10.7. The third-order valence-electron chi connectivity index (χ3n) is 2.94. The van der Waals surface area contributed by atoms with Crippen LogP contribution in [0.25, 0.3) is 0 Å². The van der Waals surface area contributed by atoms with Gasteiger partial charge in [-0.1, -0.05) is 19.1 Å². The van der Waals surface area contributed by atoms with Crippen LogP contribution in [0.3, 0.4) is 0 Å². The second-order valence-electron chi connectivity index (χ2n) is 4.72. The highest BCUT2D eigenvalue weighted by Crippen LogP contribution is 2.10. The summed E-state index contributed by atoms with van der Waals surface area (Å²) in [6, 6.07) is 7.88. The molecular formula is C16H26N4OS. The molecule has 0 aliphatic carbocycles. The molecule has 22 heavy (non-hydrogen) atoms. The first kappa shape index (κ1) is 18.4. The Morgan fingerprint density at radius 2 is 2.09 bits per heavy atom. The van der Waals surface area contributed by atoms with Crippen LogP contribution in [-0.2, 0) is 11.2 Å². The molecule has 0 heterocycles. The minimum atomic E-state index is -0.115. The minimum Gasteiger partial charge on any atom is -0.357 e. The maximum atomic E-state index is 12.0. The summed E-state index contributed by atoms with van der Waals surface area (Å²) in [6.45, 7) is 5.79. The van der Waals surface area contributed by atoms with Crippen LogP contribution in [0.5, 0.6) is 0 Å². The molecule has 0 fully saturated rings. The number of rotatable bonds is 8. The largest absolute Gasteiger partial charge is 0.357 e. The Hall–Kier alpha value is -1.69. The summed E-state index contributed by atoms with van der Waals surface area (Å²) < 4.78 is 0. The van der Waals surface area contributed by atoms with Gasteiger partial charge in [0, 0.05) is 24.5 Å². The number of carbonyl (C=O) groups is 1. The lowest BCUT2D eigenvalue weighted by Crippen LogP contribution is -2.39. The van der Waals surface area contributed by atoms with Gasteiger partial charge in [0.25, 0.3) is 0 Å². The highest BCUT2D eigenvalue weighted by Gasteiger charge is 2.03. The van der Waals surface area contributed by atoms with Gasteiger partial charge in [0.2, 0.25) is 5.91 Å². The number of aliphatic imine (C=N–C) groups is 1. The van der Waals surface area contributed by atoms with Crippen molar-refractivity contribution in [2.24, 2.45) is 4.99 Å². The predicted octanol–water partition coefficient (Wildman–Crippen LogP) is 2.11. The quantitative estimate of drug-likeness (QED) is 0.390. The van der Waals surface area contributed by atoms with Crippen molar-refractivity contribution in [3.05, 3.63) is 29.8 Å². The van der Waals surface area contributed by atoms with E-state index in [9.17, 15) is 4.79 Å². The molecule has 1 amide bonds. The van der Waals surface area contributed by atoms with Crippen molar-refractivity contribution in [3.8, 4) is 0 Å². The number of carbonyl (C=O) groups excluding carboxylic acids is 1. The molecule has 0 aliphatic heterocycles. The lowest BCUT2D eigenvalue weighted by Gasteiger charge is -2.10. The van der Waals surface area contributed by atoms with Gasteiger partial charge in [-0.2, -0.15) is 11.8 Å². The van der Waals surface area contributed by atoms with Crippen molar-refractivity contribution in [2.75, 3.05) is 37.0 Å². The van der Waals surface area contributed by atoms with Crippen molar-refractivity contribution in [3.63, 3.8) is 0 Å². The first-order valence-corrected chi connectivity index (χ1v) is 8.98. The van der Waals surface area contributed by atoms with Gasteiger partial charge in [-0.05, 0) is 37.3 Å². The molecule has 0 unspecified atom stereocenters. The fraction of sp³-hybridized carbons (Fsp3) is 0.500. The van der Waals surface area contributed by atoms with Crippen molar-refractivity contribution >= 4 is 29.3 Å². The van der Waals surface area contributed by atoms with Crippen molar-refractivity contribution in [1.82, 2.24) is 10.6 Å². The van der Waals surface area contributed by atoms with Gasteiger partial charge in [0.1, 0.15) is 6.54 Å². The van der Waals surface area contributed by atoms with Crippen LogP contribution in [0.2, 0.25) is 0 Å². The van der Waals surface area contributed by atoms with Crippen LogP contribution in [0.1, 0.15) is 19.4 Å². The van der Waals surface area contributed by atoms with Crippen LogP contribution in [0.15, 0.2) is 29.3 Å². The van der Waals surface area contributed by atoms with E-state index in [0.717, 1.165) is 31.0 Å². The SMILES string of the molecule is CCNC(=NCC(=O)Nc1cccc(CC)c1)NCCSC. The summed E-state index contributed by atoms with van der Waals surface area (Å²) in [7, 11) is 0. The zero-order valence-electron chi connectivity index (χ0n) is 13.6. The molecular weight excluding hydrogens is 296 g/mol. The number of amides is 1. The van der Waals surface area contributed by atoms with Gasteiger partial charge in [0.05, 0.1) is 0 Å². The normalized spacial score (nSPS) is 11.1. The summed E-state index contributed by atoms with van der Waals surface area (Å²) in [5, 5.41) is 9.20. The summed E-state index contributed by atoms with van der Waals surface area (Å²) in [4.78, 5) is 16.3. The first-order valence-electron chi connectivity index (χ1n) is 7.59. The van der Waals surface area contributed by atoms with Crippen molar-refractivity contribution in [1.29, 1.82) is 0 Å². The van der Waals surface area contributed by atoms with E-state index in [2.05, 4.69) is 34.1 Å². The highest BCUT2D eigenvalue weighted by atomic mass is 32.2. The smallest absolute Gasteiger partial charge is 0.246 e. The average Bonchev–Trinajstić information content (AvgIpc) is 2.53. The molecule has 0 saturated carbocycles. The van der Waals surface area contributed by atoms with Crippen LogP contribution in [-0.4, -0.2) is 43.5 Å². The molecule has 0 atom stereocenters. The number of nitrogens with zero attached hydrogens (tertiary/aromatic N) is 1. The van der Waals surface area contributed by atoms with E-state index in [-0.39, 0.29) is 12.5 Å². The molecule has 0 spiro atoms. The molecule has 0 bridgehead atoms. The number of hydrogen-bond donors (Lipinski definition) is 3. The molecule has 122 valence electrons. The summed E-state index contributed by atoms with van der Waals surface area (Å²) >= 11 is 1.77. The number of hydrogen-bond acceptors (Lipinski definition) is 3. The number of aryl methyl sites for hydroxylation is 1. The van der Waals surface area contributed by atoms with Gasteiger partial charge < -0.3 is 16.0 Å². The monoisotopic (exact) mass is 322 g/mol.